The van der Waals surface area contributed by atoms with Crippen LogP contribution < -0.4 is 5.36 Å². The van der Waals surface area contributed by atoms with E-state index in [0.29, 0.717) is 11.9 Å². The third-order valence-electron chi connectivity index (χ3n) is 1.80. The second-order valence-electron chi connectivity index (χ2n) is 3.02. The monoisotopic (exact) mass is 180 g/mol. The second kappa shape index (κ2) is 3.89. The highest BCUT2D eigenvalue weighted by molar-refractivity contribution is 5.69. The van der Waals surface area contributed by atoms with Crippen molar-refractivity contribution in [3.05, 3.63) is 29.9 Å². The largest absolute Gasteiger partial charge is 0.481 e. The van der Waals surface area contributed by atoms with Crippen LogP contribution in [0.5, 0.6) is 0 Å². The smallest absolute Gasteiger partial charge is 0.308 e. The Balaban J connectivity index is 2.70. The SMILES string of the molecule is CC(Cn1ccc(=N)cc1)C(=O)O. The molecule has 0 aliphatic heterocycles. The number of rotatable bonds is 3. The van der Waals surface area contributed by atoms with Crippen molar-refractivity contribution in [1.82, 2.24) is 4.57 Å². The number of aliphatic carboxylic acids is 1. The Bertz CT molecular complexity index is 336. The van der Waals surface area contributed by atoms with Gasteiger partial charge in [-0.1, -0.05) is 6.92 Å². The molecule has 0 aliphatic carbocycles. The fourth-order valence-corrected chi connectivity index (χ4v) is 0.973. The summed E-state index contributed by atoms with van der Waals surface area (Å²) in [6.07, 6.45) is 3.42. The molecule has 1 heterocycles. The van der Waals surface area contributed by atoms with E-state index >= 15 is 0 Å². The minimum Gasteiger partial charge on any atom is -0.481 e. The first-order valence-corrected chi connectivity index (χ1v) is 4.03. The van der Waals surface area contributed by atoms with Gasteiger partial charge in [0.2, 0.25) is 0 Å². The lowest BCUT2D eigenvalue weighted by molar-refractivity contribution is -0.141. The van der Waals surface area contributed by atoms with E-state index in [0.717, 1.165) is 0 Å². The van der Waals surface area contributed by atoms with Crippen LogP contribution in [0.1, 0.15) is 6.92 Å². The molecule has 13 heavy (non-hydrogen) atoms. The molecule has 0 saturated carbocycles. The van der Waals surface area contributed by atoms with Crippen LogP contribution in [0.25, 0.3) is 0 Å². The van der Waals surface area contributed by atoms with Gasteiger partial charge >= 0.3 is 5.97 Å². The lowest BCUT2D eigenvalue weighted by atomic mass is 10.2. The molecule has 1 rings (SSSR count). The molecule has 1 aromatic rings. The van der Waals surface area contributed by atoms with Gasteiger partial charge in [-0.05, 0) is 12.1 Å². The molecule has 70 valence electrons. The van der Waals surface area contributed by atoms with Gasteiger partial charge in [0.05, 0.1) is 11.3 Å². The summed E-state index contributed by atoms with van der Waals surface area (Å²) >= 11 is 0. The van der Waals surface area contributed by atoms with Crippen molar-refractivity contribution in [3.8, 4) is 0 Å². The molecule has 0 fully saturated rings. The zero-order valence-corrected chi connectivity index (χ0v) is 7.40. The zero-order valence-electron chi connectivity index (χ0n) is 7.40. The number of nitrogens with one attached hydrogen (secondary N) is 1. The first-order chi connectivity index (χ1) is 6.09. The van der Waals surface area contributed by atoms with Gasteiger partial charge in [-0.25, -0.2) is 0 Å². The molecule has 0 spiro atoms. The Morgan fingerprint density at radius 3 is 2.62 bits per heavy atom. The number of carboxylic acid groups (broad SMARTS) is 1. The maximum atomic E-state index is 10.5. The molecule has 0 aromatic carbocycles. The van der Waals surface area contributed by atoms with Crippen LogP contribution in [0.4, 0.5) is 0 Å². The normalized spacial score (nSPS) is 12.4. The molecule has 0 bridgehead atoms. The predicted molar refractivity (Wildman–Crippen MR) is 47.1 cm³/mol. The first kappa shape index (κ1) is 9.51. The van der Waals surface area contributed by atoms with Crippen LogP contribution in [-0.4, -0.2) is 15.6 Å². The molecule has 0 radical (unpaired) electrons. The molecular formula is C9H12N2O2. The molecular weight excluding hydrogens is 168 g/mol. The topological polar surface area (TPSA) is 66.1 Å². The number of hydrogen-bond acceptors (Lipinski definition) is 2. The van der Waals surface area contributed by atoms with E-state index in [9.17, 15) is 4.79 Å². The lowest BCUT2D eigenvalue weighted by Gasteiger charge is -2.08. The maximum Gasteiger partial charge on any atom is 0.308 e. The minimum absolute atomic E-state index is 0.401. The highest BCUT2D eigenvalue weighted by atomic mass is 16.4. The second-order valence-corrected chi connectivity index (χ2v) is 3.02. The molecule has 0 amide bonds. The summed E-state index contributed by atoms with van der Waals surface area (Å²) in [5, 5.41) is 16.3. The van der Waals surface area contributed by atoms with Crippen molar-refractivity contribution in [2.75, 3.05) is 0 Å². The third-order valence-corrected chi connectivity index (χ3v) is 1.80. The van der Waals surface area contributed by atoms with Crippen LogP contribution in [0, 0.1) is 11.3 Å². The number of pyridine rings is 1. The van der Waals surface area contributed by atoms with Gasteiger partial charge in [0.15, 0.2) is 0 Å². The predicted octanol–water partition coefficient (Wildman–Crippen LogP) is 0.688. The summed E-state index contributed by atoms with van der Waals surface area (Å²) in [5.41, 5.74) is 0. The van der Waals surface area contributed by atoms with Gasteiger partial charge < -0.3 is 15.1 Å². The number of aromatic nitrogens is 1. The van der Waals surface area contributed by atoms with Crippen molar-refractivity contribution < 1.29 is 9.90 Å². The van der Waals surface area contributed by atoms with Gasteiger partial charge in [-0.15, -0.1) is 0 Å². The number of nitrogens with zero attached hydrogens (tertiary/aromatic N) is 1. The summed E-state index contributed by atoms with van der Waals surface area (Å²) in [7, 11) is 0. The summed E-state index contributed by atoms with van der Waals surface area (Å²) < 4.78 is 1.76. The van der Waals surface area contributed by atoms with Crippen LogP contribution in [0.3, 0.4) is 0 Å². The van der Waals surface area contributed by atoms with Crippen molar-refractivity contribution in [1.29, 1.82) is 5.41 Å². The summed E-state index contributed by atoms with van der Waals surface area (Å²) in [6, 6.07) is 3.27. The van der Waals surface area contributed by atoms with Crippen LogP contribution >= 0.6 is 0 Å². The number of carbonyl (C=O) groups is 1. The molecule has 4 heteroatoms. The van der Waals surface area contributed by atoms with Gasteiger partial charge in [-0.3, -0.25) is 4.79 Å². The fourth-order valence-electron chi connectivity index (χ4n) is 0.973. The highest BCUT2D eigenvalue weighted by Crippen LogP contribution is 1.98. The lowest BCUT2D eigenvalue weighted by Crippen LogP contribution is -2.17. The standard InChI is InChI=1S/C9H12N2O2/c1-7(9(12)13)6-11-4-2-8(10)3-5-11/h2-5,7,10H,6H2,1H3,(H,12,13). The van der Waals surface area contributed by atoms with Crippen LogP contribution in [-0.2, 0) is 11.3 Å². The van der Waals surface area contributed by atoms with Gasteiger partial charge in [0, 0.05) is 18.9 Å². The summed E-state index contributed by atoms with van der Waals surface area (Å²) in [5.74, 6) is -1.20. The molecule has 1 unspecified atom stereocenters. The molecule has 2 N–H and O–H groups in total. The van der Waals surface area contributed by atoms with Crippen molar-refractivity contribution >= 4 is 5.97 Å². The Morgan fingerprint density at radius 1 is 1.62 bits per heavy atom. The third kappa shape index (κ3) is 2.74. The average Bonchev–Trinajstić information content (AvgIpc) is 2.08. The van der Waals surface area contributed by atoms with Gasteiger partial charge in [0.1, 0.15) is 0 Å². The minimum atomic E-state index is -0.803. The molecule has 4 nitrogen and oxygen atoms in total. The first-order valence-electron chi connectivity index (χ1n) is 4.03. The van der Waals surface area contributed by atoms with Crippen LogP contribution in [0.2, 0.25) is 0 Å². The van der Waals surface area contributed by atoms with E-state index in [4.69, 9.17) is 10.5 Å². The Morgan fingerprint density at radius 2 is 2.15 bits per heavy atom. The average molecular weight is 180 g/mol. The quantitative estimate of drug-likeness (QED) is 0.718. The summed E-state index contributed by atoms with van der Waals surface area (Å²) in [4.78, 5) is 10.5. The van der Waals surface area contributed by atoms with E-state index in [1.807, 2.05) is 0 Å². The fraction of sp³-hybridized carbons (Fsp3) is 0.333. The number of carboxylic acids is 1. The van der Waals surface area contributed by atoms with Gasteiger partial charge in [-0.2, -0.15) is 0 Å². The van der Waals surface area contributed by atoms with Crippen molar-refractivity contribution in [3.63, 3.8) is 0 Å². The Hall–Kier alpha value is -1.58. The Labute approximate surface area is 76.0 Å². The highest BCUT2D eigenvalue weighted by Gasteiger charge is 2.09. The van der Waals surface area contributed by atoms with E-state index in [1.165, 1.54) is 0 Å². The maximum absolute atomic E-state index is 10.5. The summed E-state index contributed by atoms with van der Waals surface area (Å²) in [6.45, 7) is 2.10. The van der Waals surface area contributed by atoms with Crippen molar-refractivity contribution in [2.45, 2.75) is 13.5 Å². The van der Waals surface area contributed by atoms with E-state index in [2.05, 4.69) is 0 Å². The molecule has 0 saturated heterocycles. The number of hydrogen-bond donors (Lipinski definition) is 2. The molecule has 1 aromatic heterocycles. The Kier molecular flexibility index (Phi) is 2.84. The van der Waals surface area contributed by atoms with Gasteiger partial charge in [0.25, 0.3) is 0 Å². The van der Waals surface area contributed by atoms with E-state index < -0.39 is 11.9 Å². The van der Waals surface area contributed by atoms with Crippen LogP contribution in [0.15, 0.2) is 24.5 Å². The zero-order chi connectivity index (χ0) is 9.84. The van der Waals surface area contributed by atoms with Crippen molar-refractivity contribution in [2.24, 2.45) is 5.92 Å². The molecule has 1 atom stereocenters. The van der Waals surface area contributed by atoms with E-state index in [1.54, 1.807) is 36.0 Å². The molecule has 0 aliphatic rings. The van der Waals surface area contributed by atoms with E-state index in [-0.39, 0.29) is 0 Å².